The first-order chi connectivity index (χ1) is 16.3. The van der Waals surface area contributed by atoms with Crippen LogP contribution in [0.25, 0.3) is 33.0 Å². The Morgan fingerprint density at radius 3 is 2.85 bits per heavy atom. The first-order valence-electron chi connectivity index (χ1n) is 11.4. The number of morpholine rings is 1. The number of pyridine rings is 1. The molecular formula is C26H23N5OS. The third-order valence-electron chi connectivity index (χ3n) is 6.79. The van der Waals surface area contributed by atoms with E-state index in [9.17, 15) is 0 Å². The van der Waals surface area contributed by atoms with Crippen molar-refractivity contribution >= 4 is 17.6 Å². The minimum atomic E-state index is 0.770. The van der Waals surface area contributed by atoms with Crippen LogP contribution >= 0.6 is 11.3 Å². The zero-order valence-electron chi connectivity index (χ0n) is 18.2. The van der Waals surface area contributed by atoms with Crippen molar-refractivity contribution in [2.45, 2.75) is 19.5 Å². The molecule has 0 spiro atoms. The molecule has 0 amide bonds. The van der Waals surface area contributed by atoms with E-state index in [-0.39, 0.29) is 0 Å². The van der Waals surface area contributed by atoms with E-state index in [1.54, 1.807) is 0 Å². The van der Waals surface area contributed by atoms with Gasteiger partial charge in [-0.2, -0.15) is 5.10 Å². The smallest absolute Gasteiger partial charge is 0.0963 e. The van der Waals surface area contributed by atoms with Gasteiger partial charge in [-0.1, -0.05) is 18.2 Å². The molecule has 1 aromatic carbocycles. The van der Waals surface area contributed by atoms with Crippen LogP contribution in [0.1, 0.15) is 27.3 Å². The Morgan fingerprint density at radius 1 is 1.06 bits per heavy atom. The molecule has 0 saturated carbocycles. The molecule has 33 heavy (non-hydrogen) atoms. The maximum atomic E-state index is 5.44. The quantitative estimate of drug-likeness (QED) is 0.434. The van der Waals surface area contributed by atoms with Gasteiger partial charge in [0, 0.05) is 70.5 Å². The van der Waals surface area contributed by atoms with Gasteiger partial charge >= 0.3 is 0 Å². The Bertz CT molecular complexity index is 1380. The molecule has 164 valence electrons. The lowest BCUT2D eigenvalue weighted by Crippen LogP contribution is -2.35. The number of thiophene rings is 1. The average Bonchev–Trinajstić information content (AvgIpc) is 3.61. The number of hydrogen-bond acceptors (Lipinski definition) is 6. The number of aliphatic imine (C=N–C) groups is 1. The molecule has 5 heterocycles. The summed E-state index contributed by atoms with van der Waals surface area (Å²) in [5.41, 5.74) is 10.8. The molecule has 1 saturated heterocycles. The number of aromatic nitrogens is 3. The summed E-state index contributed by atoms with van der Waals surface area (Å²) in [7, 11) is 0. The van der Waals surface area contributed by atoms with E-state index >= 15 is 0 Å². The van der Waals surface area contributed by atoms with Gasteiger partial charge in [0.25, 0.3) is 0 Å². The zero-order chi connectivity index (χ0) is 21.8. The van der Waals surface area contributed by atoms with E-state index in [2.05, 4.69) is 51.4 Å². The van der Waals surface area contributed by atoms with Gasteiger partial charge in [0.1, 0.15) is 0 Å². The van der Waals surface area contributed by atoms with Gasteiger partial charge < -0.3 is 4.74 Å². The number of ether oxygens (including phenoxy) is 1. The molecule has 3 aliphatic rings. The summed E-state index contributed by atoms with van der Waals surface area (Å²) in [6.07, 6.45) is 4.90. The van der Waals surface area contributed by atoms with Crippen LogP contribution in [0.2, 0.25) is 0 Å². The number of fused-ring (bicyclic) bond motifs is 4. The predicted octanol–water partition coefficient (Wildman–Crippen LogP) is 4.54. The van der Waals surface area contributed by atoms with Gasteiger partial charge in [0.05, 0.1) is 36.8 Å². The Morgan fingerprint density at radius 2 is 1.97 bits per heavy atom. The fourth-order valence-electron chi connectivity index (χ4n) is 4.98. The lowest BCUT2D eigenvalue weighted by atomic mass is 10.0. The third-order valence-corrected chi connectivity index (χ3v) is 7.97. The number of aromatic amines is 1. The summed E-state index contributed by atoms with van der Waals surface area (Å²) in [5.74, 6) is 0. The summed E-state index contributed by atoms with van der Waals surface area (Å²) >= 11 is 1.87. The second-order valence-electron chi connectivity index (χ2n) is 8.86. The fraction of sp³-hybridized carbons (Fsp3) is 0.269. The van der Waals surface area contributed by atoms with E-state index in [0.717, 1.165) is 62.9 Å². The third kappa shape index (κ3) is 3.35. The zero-order valence-corrected chi connectivity index (χ0v) is 19.0. The minimum absolute atomic E-state index is 0.770. The van der Waals surface area contributed by atoms with E-state index in [1.807, 2.05) is 23.7 Å². The fourth-order valence-corrected chi connectivity index (χ4v) is 6.15. The number of nitrogens with zero attached hydrogens (tertiary/aromatic N) is 4. The van der Waals surface area contributed by atoms with Gasteiger partial charge in [-0.25, -0.2) is 0 Å². The van der Waals surface area contributed by atoms with Crippen LogP contribution in [0.15, 0.2) is 47.6 Å². The minimum Gasteiger partial charge on any atom is -0.379 e. The second-order valence-corrected chi connectivity index (χ2v) is 10.00. The summed E-state index contributed by atoms with van der Waals surface area (Å²) in [6, 6.07) is 13.2. The first-order valence-corrected chi connectivity index (χ1v) is 12.2. The molecule has 3 aromatic heterocycles. The van der Waals surface area contributed by atoms with Crippen LogP contribution < -0.4 is 0 Å². The molecule has 1 fully saturated rings. The highest BCUT2D eigenvalue weighted by molar-refractivity contribution is 7.16. The molecule has 2 aliphatic heterocycles. The maximum Gasteiger partial charge on any atom is 0.0963 e. The van der Waals surface area contributed by atoms with Crippen molar-refractivity contribution in [1.29, 1.82) is 0 Å². The lowest BCUT2D eigenvalue weighted by molar-refractivity contribution is 0.0336. The van der Waals surface area contributed by atoms with Crippen molar-refractivity contribution in [3.8, 4) is 33.0 Å². The van der Waals surface area contributed by atoms with Crippen molar-refractivity contribution in [3.05, 3.63) is 69.9 Å². The molecule has 0 radical (unpaired) electrons. The van der Waals surface area contributed by atoms with Crippen molar-refractivity contribution in [2.75, 3.05) is 26.3 Å². The molecular weight excluding hydrogens is 430 g/mol. The molecule has 7 rings (SSSR count). The Labute approximate surface area is 196 Å². The van der Waals surface area contributed by atoms with Gasteiger partial charge in [-0.15, -0.1) is 11.3 Å². The van der Waals surface area contributed by atoms with E-state index in [1.165, 1.54) is 43.1 Å². The predicted molar refractivity (Wildman–Crippen MR) is 131 cm³/mol. The van der Waals surface area contributed by atoms with Crippen molar-refractivity contribution in [2.24, 2.45) is 4.99 Å². The Balaban J connectivity index is 1.13. The molecule has 4 aromatic rings. The van der Waals surface area contributed by atoms with Gasteiger partial charge in [0.15, 0.2) is 0 Å². The number of hydrogen-bond donors (Lipinski definition) is 1. The van der Waals surface area contributed by atoms with Gasteiger partial charge in [-0.3, -0.25) is 20.0 Å². The van der Waals surface area contributed by atoms with Crippen LogP contribution in [-0.4, -0.2) is 52.6 Å². The Kier molecular flexibility index (Phi) is 4.53. The number of nitrogens with one attached hydrogen (secondary N) is 1. The highest BCUT2D eigenvalue weighted by atomic mass is 32.1. The number of H-pyrrole nitrogens is 1. The topological polar surface area (TPSA) is 66.4 Å². The standard InChI is InChI=1S/C26H23N5OS/c1-2-17-12-27-13-19(17)9-16(1)25-22-11-24-21(26(22)30-29-25)10-23(33-24)18-3-4-20(28-14-18)15-31-5-7-32-8-6-31/h1-4,9-10,12,14H,5-8,11,13,15H2,(H,29,30). The summed E-state index contributed by atoms with van der Waals surface area (Å²) in [5, 5.41) is 8.02. The van der Waals surface area contributed by atoms with Crippen LogP contribution in [0.4, 0.5) is 0 Å². The van der Waals surface area contributed by atoms with Gasteiger partial charge in [0.2, 0.25) is 0 Å². The first kappa shape index (κ1) is 19.3. The van der Waals surface area contributed by atoms with Gasteiger partial charge in [-0.05, 0) is 29.3 Å². The van der Waals surface area contributed by atoms with Crippen LogP contribution in [0, 0.1) is 0 Å². The summed E-state index contributed by atoms with van der Waals surface area (Å²) < 4.78 is 5.44. The molecule has 6 nitrogen and oxygen atoms in total. The van der Waals surface area contributed by atoms with E-state index in [4.69, 9.17) is 14.8 Å². The van der Waals surface area contributed by atoms with Crippen LogP contribution in [0.5, 0.6) is 0 Å². The normalized spacial score (nSPS) is 16.7. The van der Waals surface area contributed by atoms with Crippen molar-refractivity contribution in [3.63, 3.8) is 0 Å². The highest BCUT2D eigenvalue weighted by Gasteiger charge is 2.28. The molecule has 1 N–H and O–H groups in total. The number of rotatable bonds is 4. The van der Waals surface area contributed by atoms with Crippen LogP contribution in [0.3, 0.4) is 0 Å². The summed E-state index contributed by atoms with van der Waals surface area (Å²) in [4.78, 5) is 14.2. The summed E-state index contributed by atoms with van der Waals surface area (Å²) in [6.45, 7) is 5.25. The lowest BCUT2D eigenvalue weighted by Gasteiger charge is -2.26. The molecule has 0 bridgehead atoms. The molecule has 7 heteroatoms. The SMILES string of the molecule is C1=NCc2cc(-c3n[nH]c4c3Cc3sc(-c5ccc(CN6CCOCC6)nc5)cc3-4)ccc21. The van der Waals surface area contributed by atoms with E-state index < -0.39 is 0 Å². The van der Waals surface area contributed by atoms with E-state index in [0.29, 0.717) is 0 Å². The monoisotopic (exact) mass is 453 g/mol. The molecule has 0 atom stereocenters. The Hall–Kier alpha value is -3.13. The largest absolute Gasteiger partial charge is 0.379 e. The van der Waals surface area contributed by atoms with Crippen molar-refractivity contribution < 1.29 is 4.74 Å². The molecule has 1 aliphatic carbocycles. The van der Waals surface area contributed by atoms with Crippen LogP contribution in [-0.2, 0) is 24.2 Å². The highest BCUT2D eigenvalue weighted by Crippen LogP contribution is 2.46. The second kappa shape index (κ2) is 7.73. The molecule has 0 unspecified atom stereocenters. The maximum absolute atomic E-state index is 5.44. The average molecular weight is 454 g/mol. The van der Waals surface area contributed by atoms with Crippen molar-refractivity contribution in [1.82, 2.24) is 20.1 Å². The number of benzene rings is 1.